The van der Waals surface area contributed by atoms with E-state index in [1.807, 2.05) is 0 Å². The van der Waals surface area contributed by atoms with E-state index >= 15 is 0 Å². The zero-order valence-electron chi connectivity index (χ0n) is 12.9. The van der Waals surface area contributed by atoms with Gasteiger partial charge in [-0.15, -0.1) is 6.58 Å². The van der Waals surface area contributed by atoms with E-state index in [-0.39, 0.29) is 23.5 Å². The predicted molar refractivity (Wildman–Crippen MR) is 84.3 cm³/mol. The van der Waals surface area contributed by atoms with Gasteiger partial charge >= 0.3 is 12.1 Å². The highest BCUT2D eigenvalue weighted by atomic mass is 19.4. The molecule has 0 unspecified atom stereocenters. The molecule has 4 nitrogen and oxygen atoms in total. The monoisotopic (exact) mass is 336 g/mol. The normalized spacial score (nSPS) is 11.2. The number of ether oxygens (including phenoxy) is 1. The van der Waals surface area contributed by atoms with Crippen molar-refractivity contribution in [1.82, 2.24) is 9.55 Å². The number of halogens is 3. The molecule has 0 saturated heterocycles. The van der Waals surface area contributed by atoms with Crippen LogP contribution in [0.5, 0.6) is 0 Å². The van der Waals surface area contributed by atoms with Crippen LogP contribution in [-0.4, -0.2) is 22.6 Å². The van der Waals surface area contributed by atoms with Crippen molar-refractivity contribution in [3.8, 4) is 11.4 Å². The molecule has 2 aromatic rings. The Morgan fingerprint density at radius 2 is 2.08 bits per heavy atom. The molecule has 126 valence electrons. The minimum atomic E-state index is -4.60. The van der Waals surface area contributed by atoms with Crippen LogP contribution in [0.4, 0.5) is 13.2 Å². The molecular formula is C17H15F3N2O2. The number of esters is 1. The third-order valence-electron chi connectivity index (χ3n) is 3.34. The molecule has 0 spiro atoms. The fraction of sp³-hybridized carbons (Fsp3) is 0.176. The second-order valence-electron chi connectivity index (χ2n) is 4.85. The lowest BCUT2D eigenvalue weighted by atomic mass is 10.00. The maximum atomic E-state index is 13.0. The van der Waals surface area contributed by atoms with E-state index in [2.05, 4.69) is 18.1 Å². The van der Waals surface area contributed by atoms with Gasteiger partial charge in [0.25, 0.3) is 0 Å². The summed E-state index contributed by atoms with van der Waals surface area (Å²) in [4.78, 5) is 15.7. The largest absolute Gasteiger partial charge is 0.465 e. The van der Waals surface area contributed by atoms with E-state index in [1.165, 1.54) is 29.9 Å². The first kappa shape index (κ1) is 17.5. The van der Waals surface area contributed by atoms with Gasteiger partial charge < -0.3 is 9.30 Å². The Labute approximate surface area is 136 Å². The average Bonchev–Trinajstić information content (AvgIpc) is 2.97. The Morgan fingerprint density at radius 3 is 2.62 bits per heavy atom. The van der Waals surface area contributed by atoms with Gasteiger partial charge in [0.1, 0.15) is 5.82 Å². The van der Waals surface area contributed by atoms with Gasteiger partial charge in [-0.25, -0.2) is 9.78 Å². The number of hydrogen-bond donors (Lipinski definition) is 0. The van der Waals surface area contributed by atoms with Crippen LogP contribution in [0.2, 0.25) is 0 Å². The highest BCUT2D eigenvalue weighted by Gasteiger charge is 2.35. The fourth-order valence-corrected chi connectivity index (χ4v) is 2.30. The van der Waals surface area contributed by atoms with Crippen LogP contribution in [0.1, 0.15) is 21.6 Å². The Morgan fingerprint density at radius 1 is 1.38 bits per heavy atom. The SMILES string of the molecule is C=CCn1cc(C(F)(F)F)nc1-c1c(C=C)cccc1C(=O)OC. The lowest BCUT2D eigenvalue weighted by Gasteiger charge is -2.12. The van der Waals surface area contributed by atoms with Gasteiger partial charge in [0.15, 0.2) is 5.69 Å². The van der Waals surface area contributed by atoms with Crippen LogP contribution in [0.3, 0.4) is 0 Å². The second kappa shape index (κ2) is 6.74. The van der Waals surface area contributed by atoms with E-state index in [9.17, 15) is 18.0 Å². The number of benzene rings is 1. The first-order valence-corrected chi connectivity index (χ1v) is 6.92. The molecule has 0 aliphatic rings. The summed E-state index contributed by atoms with van der Waals surface area (Å²) in [6.45, 7) is 7.28. The van der Waals surface area contributed by atoms with Crippen LogP contribution in [-0.2, 0) is 17.5 Å². The van der Waals surface area contributed by atoms with Crippen molar-refractivity contribution < 1.29 is 22.7 Å². The zero-order chi connectivity index (χ0) is 17.9. The summed E-state index contributed by atoms with van der Waals surface area (Å²) in [5.41, 5.74) is -0.229. The number of rotatable bonds is 5. The van der Waals surface area contributed by atoms with Crippen LogP contribution < -0.4 is 0 Å². The van der Waals surface area contributed by atoms with Crippen molar-refractivity contribution in [2.45, 2.75) is 12.7 Å². The predicted octanol–water partition coefficient (Wildman–Crippen LogP) is 4.18. The van der Waals surface area contributed by atoms with Crippen molar-refractivity contribution in [2.75, 3.05) is 7.11 Å². The summed E-state index contributed by atoms with van der Waals surface area (Å²) >= 11 is 0. The van der Waals surface area contributed by atoms with Gasteiger partial charge in [-0.2, -0.15) is 13.2 Å². The van der Waals surface area contributed by atoms with Crippen LogP contribution in [0, 0.1) is 0 Å². The lowest BCUT2D eigenvalue weighted by Crippen LogP contribution is -2.08. The molecule has 0 aliphatic carbocycles. The number of carbonyl (C=O) groups excluding carboxylic acids is 1. The van der Waals surface area contributed by atoms with Gasteiger partial charge in [-0.1, -0.05) is 30.9 Å². The standard InChI is InChI=1S/C17H15F3N2O2/c1-4-9-22-10-13(17(18,19)20)21-15(22)14-11(5-2)7-6-8-12(14)16(23)24-3/h4-8,10H,1-2,9H2,3H3. The van der Waals surface area contributed by atoms with E-state index in [0.717, 1.165) is 6.20 Å². The number of alkyl halides is 3. The molecule has 0 bridgehead atoms. The maximum Gasteiger partial charge on any atom is 0.434 e. The molecule has 24 heavy (non-hydrogen) atoms. The number of imidazole rings is 1. The van der Waals surface area contributed by atoms with Gasteiger partial charge in [0.2, 0.25) is 0 Å². The van der Waals surface area contributed by atoms with E-state index < -0.39 is 17.8 Å². The number of carbonyl (C=O) groups is 1. The molecule has 0 fully saturated rings. The maximum absolute atomic E-state index is 13.0. The minimum absolute atomic E-state index is 0.00174. The quantitative estimate of drug-likeness (QED) is 0.608. The van der Waals surface area contributed by atoms with Gasteiger partial charge in [0, 0.05) is 18.3 Å². The molecule has 0 atom stereocenters. The van der Waals surface area contributed by atoms with E-state index in [0.29, 0.717) is 5.56 Å². The Hall–Kier alpha value is -2.83. The summed E-state index contributed by atoms with van der Waals surface area (Å²) in [5, 5.41) is 0. The molecule has 7 heteroatoms. The van der Waals surface area contributed by atoms with Crippen LogP contribution >= 0.6 is 0 Å². The molecule has 0 amide bonds. The molecule has 0 aliphatic heterocycles. The highest BCUT2D eigenvalue weighted by molar-refractivity contribution is 5.98. The molecular weight excluding hydrogens is 321 g/mol. The topological polar surface area (TPSA) is 44.1 Å². The van der Waals surface area contributed by atoms with E-state index in [1.54, 1.807) is 12.1 Å². The third-order valence-corrected chi connectivity index (χ3v) is 3.34. The van der Waals surface area contributed by atoms with Crippen molar-refractivity contribution in [1.29, 1.82) is 0 Å². The van der Waals surface area contributed by atoms with Crippen LogP contribution in [0.25, 0.3) is 17.5 Å². The zero-order valence-corrected chi connectivity index (χ0v) is 12.9. The molecule has 0 saturated carbocycles. The first-order chi connectivity index (χ1) is 11.3. The summed E-state index contributed by atoms with van der Waals surface area (Å²) in [6.07, 6.45) is -0.824. The number of hydrogen-bond acceptors (Lipinski definition) is 3. The van der Waals surface area contributed by atoms with Crippen molar-refractivity contribution >= 4 is 12.0 Å². The number of aromatic nitrogens is 2. The lowest BCUT2D eigenvalue weighted by molar-refractivity contribution is -0.140. The highest BCUT2D eigenvalue weighted by Crippen LogP contribution is 2.34. The minimum Gasteiger partial charge on any atom is -0.465 e. The molecule has 1 aromatic carbocycles. The van der Waals surface area contributed by atoms with Gasteiger partial charge in [-0.05, 0) is 11.6 Å². The van der Waals surface area contributed by atoms with Crippen molar-refractivity contribution in [3.05, 3.63) is 60.5 Å². The van der Waals surface area contributed by atoms with Crippen LogP contribution in [0.15, 0.2) is 43.6 Å². The molecule has 0 N–H and O–H groups in total. The second-order valence-corrected chi connectivity index (χ2v) is 4.85. The van der Waals surface area contributed by atoms with Crippen molar-refractivity contribution in [2.24, 2.45) is 0 Å². The fourth-order valence-electron chi connectivity index (χ4n) is 2.30. The number of allylic oxidation sites excluding steroid dienone is 1. The van der Waals surface area contributed by atoms with E-state index in [4.69, 9.17) is 4.74 Å². The third kappa shape index (κ3) is 3.24. The molecule has 1 heterocycles. The summed E-state index contributed by atoms with van der Waals surface area (Å²) in [6, 6.07) is 4.70. The smallest absolute Gasteiger partial charge is 0.434 e. The van der Waals surface area contributed by atoms with Crippen molar-refractivity contribution in [3.63, 3.8) is 0 Å². The molecule has 1 aromatic heterocycles. The number of nitrogens with zero attached hydrogens (tertiary/aromatic N) is 2. The Kier molecular flexibility index (Phi) is 4.92. The average molecular weight is 336 g/mol. The summed E-state index contributed by atoms with van der Waals surface area (Å²) < 4.78 is 45.1. The Balaban J connectivity index is 2.79. The number of methoxy groups -OCH3 is 1. The summed E-state index contributed by atoms with van der Waals surface area (Å²) in [7, 11) is 1.20. The first-order valence-electron chi connectivity index (χ1n) is 6.92. The van der Waals surface area contributed by atoms with Gasteiger partial charge in [-0.3, -0.25) is 0 Å². The molecule has 0 radical (unpaired) electrons. The molecule has 2 rings (SSSR count). The van der Waals surface area contributed by atoms with Gasteiger partial charge in [0.05, 0.1) is 12.7 Å². The summed E-state index contributed by atoms with van der Waals surface area (Å²) in [5.74, 6) is -0.673. The Bertz CT molecular complexity index is 792.